The first-order valence-corrected chi connectivity index (χ1v) is 9.80. The first-order valence-electron chi connectivity index (χ1n) is 9.80. The molecule has 148 valence electrons. The number of hydrogen-bond donors (Lipinski definition) is 1. The highest BCUT2D eigenvalue weighted by Gasteiger charge is 2.32. The molecule has 0 saturated heterocycles. The summed E-state index contributed by atoms with van der Waals surface area (Å²) in [4.78, 5) is 14.9. The first-order chi connectivity index (χ1) is 12.5. The van der Waals surface area contributed by atoms with Crippen LogP contribution in [0.25, 0.3) is 0 Å². The molecule has 0 spiro atoms. The quantitative estimate of drug-likeness (QED) is 0.529. The lowest BCUT2D eigenvalue weighted by Gasteiger charge is -2.27. The van der Waals surface area contributed by atoms with E-state index in [-0.39, 0.29) is 5.91 Å². The highest BCUT2D eigenvalue weighted by atomic mass is 16.5. The summed E-state index contributed by atoms with van der Waals surface area (Å²) >= 11 is 0. The van der Waals surface area contributed by atoms with E-state index >= 15 is 0 Å². The van der Waals surface area contributed by atoms with Gasteiger partial charge in [0.1, 0.15) is 18.0 Å². The van der Waals surface area contributed by atoms with Crippen LogP contribution in [0.5, 0.6) is 5.75 Å². The minimum Gasteiger partial charge on any atom is -0.492 e. The molecule has 0 heterocycles. The van der Waals surface area contributed by atoms with E-state index in [4.69, 9.17) is 9.47 Å². The Morgan fingerprint density at radius 1 is 1.12 bits per heavy atom. The summed E-state index contributed by atoms with van der Waals surface area (Å²) < 4.78 is 11.3. The lowest BCUT2D eigenvalue weighted by Crippen LogP contribution is -2.41. The van der Waals surface area contributed by atoms with Gasteiger partial charge in [-0.25, -0.2) is 0 Å². The number of hydrogen-bond acceptors (Lipinski definition) is 4. The number of unbranched alkanes of at least 4 members (excludes halogenated alkanes) is 2. The van der Waals surface area contributed by atoms with Gasteiger partial charge in [-0.3, -0.25) is 4.79 Å². The number of nitrogens with one attached hydrogen (secondary N) is 1. The van der Waals surface area contributed by atoms with Crippen molar-refractivity contribution in [2.45, 2.75) is 59.0 Å². The smallest absolute Gasteiger partial charge is 0.256 e. The third kappa shape index (κ3) is 7.34. The molecule has 0 bridgehead atoms. The van der Waals surface area contributed by atoms with Crippen molar-refractivity contribution >= 4 is 11.6 Å². The molecule has 1 amide bonds. The Kier molecular flexibility index (Phi) is 10.3. The van der Waals surface area contributed by atoms with E-state index in [1.54, 1.807) is 7.11 Å². The fourth-order valence-electron chi connectivity index (χ4n) is 2.75. The standard InChI is InChI=1S/C21H36N2O3/c1-6-9-10-15-21(4,25-5)20(24)22-18-11-13-19(14-12-18)26-17-16-23(7-2)8-3/h11-14H,6-10,15-17H2,1-5H3,(H,22,24)/t21-/m0/s1. The lowest BCUT2D eigenvalue weighted by atomic mass is 9.97. The van der Waals surface area contributed by atoms with Crippen molar-refractivity contribution in [3.8, 4) is 5.75 Å². The Morgan fingerprint density at radius 3 is 2.31 bits per heavy atom. The summed E-state index contributed by atoms with van der Waals surface area (Å²) in [5.74, 6) is 0.707. The van der Waals surface area contributed by atoms with Gasteiger partial charge in [0.25, 0.3) is 5.91 Å². The predicted molar refractivity (Wildman–Crippen MR) is 108 cm³/mol. The molecule has 5 heteroatoms. The van der Waals surface area contributed by atoms with Gasteiger partial charge in [0.15, 0.2) is 0 Å². The molecular weight excluding hydrogens is 328 g/mol. The SMILES string of the molecule is CCCCC[C@](C)(OC)C(=O)Nc1ccc(OCCN(CC)CC)cc1. The number of carbonyl (C=O) groups is 1. The van der Waals surface area contributed by atoms with E-state index in [1.807, 2.05) is 31.2 Å². The lowest BCUT2D eigenvalue weighted by molar-refractivity contribution is -0.136. The average Bonchev–Trinajstić information content (AvgIpc) is 2.66. The molecule has 1 aromatic rings. The number of amides is 1. The van der Waals surface area contributed by atoms with Gasteiger partial charge in [-0.2, -0.15) is 0 Å². The number of anilines is 1. The predicted octanol–water partition coefficient (Wildman–Crippen LogP) is 4.33. The molecule has 0 aliphatic rings. The summed E-state index contributed by atoms with van der Waals surface area (Å²) in [6, 6.07) is 7.51. The Morgan fingerprint density at radius 2 is 1.77 bits per heavy atom. The van der Waals surface area contributed by atoms with Crippen LogP contribution < -0.4 is 10.1 Å². The molecule has 26 heavy (non-hydrogen) atoms. The largest absolute Gasteiger partial charge is 0.492 e. The molecule has 1 atom stereocenters. The summed E-state index contributed by atoms with van der Waals surface area (Å²) in [5.41, 5.74) is -0.0430. The van der Waals surface area contributed by atoms with Crippen LogP contribution in [0.1, 0.15) is 53.4 Å². The molecule has 0 aromatic heterocycles. The van der Waals surface area contributed by atoms with Gasteiger partial charge in [0, 0.05) is 19.3 Å². The summed E-state index contributed by atoms with van der Waals surface area (Å²) in [5, 5.41) is 2.95. The zero-order valence-electron chi connectivity index (χ0n) is 17.1. The highest BCUT2D eigenvalue weighted by molar-refractivity contribution is 5.97. The normalized spacial score (nSPS) is 13.5. The number of benzene rings is 1. The zero-order valence-corrected chi connectivity index (χ0v) is 17.1. The summed E-state index contributed by atoms with van der Waals surface area (Å²) in [7, 11) is 1.60. The maximum Gasteiger partial charge on any atom is 0.256 e. The average molecular weight is 365 g/mol. The minimum absolute atomic E-state index is 0.105. The second-order valence-electron chi connectivity index (χ2n) is 6.75. The van der Waals surface area contributed by atoms with Gasteiger partial charge in [-0.05, 0) is 50.7 Å². The van der Waals surface area contributed by atoms with Crippen molar-refractivity contribution in [3.05, 3.63) is 24.3 Å². The Balaban J connectivity index is 2.53. The van der Waals surface area contributed by atoms with Gasteiger partial charge < -0.3 is 19.7 Å². The molecule has 1 N–H and O–H groups in total. The van der Waals surface area contributed by atoms with Gasteiger partial charge in [-0.15, -0.1) is 0 Å². The molecule has 0 radical (unpaired) electrons. The Labute approximate surface area is 159 Å². The number of rotatable bonds is 13. The van der Waals surface area contributed by atoms with Crippen LogP contribution in [0.3, 0.4) is 0 Å². The maximum atomic E-state index is 12.6. The fourth-order valence-corrected chi connectivity index (χ4v) is 2.75. The second kappa shape index (κ2) is 11.9. The van der Waals surface area contributed by atoms with Crippen LogP contribution in [-0.4, -0.2) is 49.8 Å². The van der Waals surface area contributed by atoms with Gasteiger partial charge in [-0.1, -0.05) is 40.0 Å². The number of carbonyl (C=O) groups excluding carboxylic acids is 1. The van der Waals surface area contributed by atoms with Crippen molar-refractivity contribution in [1.29, 1.82) is 0 Å². The van der Waals surface area contributed by atoms with E-state index in [9.17, 15) is 4.79 Å². The molecule has 1 aromatic carbocycles. The van der Waals surface area contributed by atoms with Crippen molar-refractivity contribution in [2.75, 3.05) is 38.7 Å². The number of methoxy groups -OCH3 is 1. The molecule has 0 unspecified atom stereocenters. The van der Waals surface area contributed by atoms with Crippen LogP contribution >= 0.6 is 0 Å². The van der Waals surface area contributed by atoms with Crippen LogP contribution in [0, 0.1) is 0 Å². The Hall–Kier alpha value is -1.59. The van der Waals surface area contributed by atoms with Gasteiger partial charge >= 0.3 is 0 Å². The van der Waals surface area contributed by atoms with Crippen molar-refractivity contribution in [2.24, 2.45) is 0 Å². The second-order valence-corrected chi connectivity index (χ2v) is 6.75. The maximum absolute atomic E-state index is 12.6. The third-order valence-electron chi connectivity index (χ3n) is 4.87. The zero-order chi connectivity index (χ0) is 19.4. The molecule has 0 saturated carbocycles. The van der Waals surface area contributed by atoms with Crippen LogP contribution in [-0.2, 0) is 9.53 Å². The fraction of sp³-hybridized carbons (Fsp3) is 0.667. The monoisotopic (exact) mass is 364 g/mol. The van der Waals surface area contributed by atoms with E-state index in [0.29, 0.717) is 6.61 Å². The summed E-state index contributed by atoms with van der Waals surface area (Å²) in [6.45, 7) is 11.9. The van der Waals surface area contributed by atoms with Crippen LogP contribution in [0.4, 0.5) is 5.69 Å². The van der Waals surface area contributed by atoms with Crippen molar-refractivity contribution in [3.63, 3.8) is 0 Å². The molecular formula is C21H36N2O3. The minimum atomic E-state index is -0.798. The van der Waals surface area contributed by atoms with E-state index < -0.39 is 5.60 Å². The van der Waals surface area contributed by atoms with Crippen LogP contribution in [0.15, 0.2) is 24.3 Å². The van der Waals surface area contributed by atoms with Gasteiger partial charge in [0.05, 0.1) is 0 Å². The molecule has 1 rings (SSSR count). The molecule has 0 fully saturated rings. The Bertz CT molecular complexity index is 514. The molecule has 0 aliphatic heterocycles. The van der Waals surface area contributed by atoms with Crippen molar-refractivity contribution < 1.29 is 14.3 Å². The number of ether oxygens (including phenoxy) is 2. The first kappa shape index (κ1) is 22.5. The molecule has 5 nitrogen and oxygen atoms in total. The number of likely N-dealkylation sites (N-methyl/N-ethyl adjacent to an activating group) is 1. The molecule has 0 aliphatic carbocycles. The third-order valence-corrected chi connectivity index (χ3v) is 4.87. The summed E-state index contributed by atoms with van der Waals surface area (Å²) in [6.07, 6.45) is 3.92. The van der Waals surface area contributed by atoms with E-state index in [1.165, 1.54) is 0 Å². The highest BCUT2D eigenvalue weighted by Crippen LogP contribution is 2.22. The topological polar surface area (TPSA) is 50.8 Å². The van der Waals surface area contributed by atoms with E-state index in [2.05, 4.69) is 31.0 Å². The van der Waals surface area contributed by atoms with Crippen molar-refractivity contribution in [1.82, 2.24) is 4.90 Å². The van der Waals surface area contributed by atoms with E-state index in [0.717, 1.165) is 56.8 Å². The van der Waals surface area contributed by atoms with Gasteiger partial charge in [0.2, 0.25) is 0 Å². The van der Waals surface area contributed by atoms with Crippen LogP contribution in [0.2, 0.25) is 0 Å². The number of nitrogens with zero attached hydrogens (tertiary/aromatic N) is 1.